The van der Waals surface area contributed by atoms with Crippen LogP contribution in [0.5, 0.6) is 0 Å². The molecular weight excluding hydrogens is 230 g/mol. The van der Waals surface area contributed by atoms with Crippen molar-refractivity contribution in [1.29, 1.82) is 0 Å². The van der Waals surface area contributed by atoms with Crippen LogP contribution in [0, 0.1) is 20.2 Å². The fraction of sp³-hybridized carbons (Fsp3) is 1.00. The van der Waals surface area contributed by atoms with E-state index in [1.54, 1.807) is 0 Å². The molecule has 0 aromatic heterocycles. The molecule has 1 unspecified atom stereocenters. The Morgan fingerprint density at radius 2 is 1.87 bits per heavy atom. The topological polar surface area (TPSA) is 110 Å². The van der Waals surface area contributed by atoms with Crippen LogP contribution in [0.1, 0.15) is 0 Å². The second-order valence-electron chi connectivity index (χ2n) is 3.47. The summed E-state index contributed by atoms with van der Waals surface area (Å²) in [5.74, 6) is 0.000425. The maximum Gasteiger partial charge on any atom is 0.482 e. The van der Waals surface area contributed by atoms with Gasteiger partial charge < -0.3 is 5.11 Å². The first-order chi connectivity index (χ1) is 6.92. The van der Waals surface area contributed by atoms with Gasteiger partial charge in [0.1, 0.15) is 22.9 Å². The van der Waals surface area contributed by atoms with E-state index in [1.165, 1.54) is 4.90 Å². The monoisotopic (exact) mass is 239 g/mol. The normalized spacial score (nSPS) is 21.7. The van der Waals surface area contributed by atoms with Crippen molar-refractivity contribution in [3.8, 4) is 0 Å². The molecule has 0 aromatic carbocycles. The molecule has 1 heterocycles. The van der Waals surface area contributed by atoms with Gasteiger partial charge in [-0.3, -0.25) is 25.1 Å². The highest BCUT2D eigenvalue weighted by Gasteiger charge is 2.66. The Morgan fingerprint density at radius 1 is 1.40 bits per heavy atom. The predicted octanol–water partition coefficient (Wildman–Crippen LogP) is -0.849. The van der Waals surface area contributed by atoms with Crippen LogP contribution in [0.25, 0.3) is 0 Å². The maximum absolute atomic E-state index is 10.5. The number of hydrogen-bond donors (Lipinski definition) is 1. The molecule has 8 nitrogen and oxygen atoms in total. The third-order valence-corrected chi connectivity index (χ3v) is 2.64. The van der Waals surface area contributed by atoms with E-state index in [-0.39, 0.29) is 25.5 Å². The molecule has 15 heavy (non-hydrogen) atoms. The first kappa shape index (κ1) is 12.1. The van der Waals surface area contributed by atoms with Gasteiger partial charge in [-0.05, 0) is 0 Å². The van der Waals surface area contributed by atoms with E-state index in [0.29, 0.717) is 0 Å². The zero-order valence-corrected chi connectivity index (χ0v) is 8.46. The molecule has 0 amide bonds. The summed E-state index contributed by atoms with van der Waals surface area (Å²) in [6, 6.07) is 0. The predicted molar refractivity (Wildman–Crippen MR) is 49.9 cm³/mol. The molecule has 1 aliphatic rings. The Labute approximate surface area is 89.7 Å². The van der Waals surface area contributed by atoms with Gasteiger partial charge in [-0.15, -0.1) is 11.6 Å². The molecule has 0 saturated carbocycles. The van der Waals surface area contributed by atoms with Crippen molar-refractivity contribution in [3.63, 3.8) is 0 Å². The Kier molecular flexibility index (Phi) is 3.42. The lowest BCUT2D eigenvalue weighted by molar-refractivity contribution is -0.811. The van der Waals surface area contributed by atoms with E-state index in [0.717, 1.165) is 0 Å². The molecule has 0 aliphatic carbocycles. The standard InChI is InChI=1S/C6H10ClN3O5/c7-1-5(11)2-8-3-6(4-8,9(12)13)10(14)15/h5,11H,1-4H2. The molecule has 0 radical (unpaired) electrons. The van der Waals surface area contributed by atoms with E-state index in [1.807, 2.05) is 0 Å². The van der Waals surface area contributed by atoms with Gasteiger partial charge in [-0.25, -0.2) is 0 Å². The van der Waals surface area contributed by atoms with Gasteiger partial charge in [0.15, 0.2) is 0 Å². The molecule has 86 valence electrons. The zero-order valence-electron chi connectivity index (χ0n) is 7.71. The third-order valence-electron chi connectivity index (χ3n) is 2.28. The van der Waals surface area contributed by atoms with Crippen LogP contribution in [-0.4, -0.2) is 57.1 Å². The summed E-state index contributed by atoms with van der Waals surface area (Å²) in [5, 5.41) is 30.1. The van der Waals surface area contributed by atoms with E-state index in [4.69, 9.17) is 16.7 Å². The summed E-state index contributed by atoms with van der Waals surface area (Å²) in [7, 11) is 0. The van der Waals surface area contributed by atoms with Crippen molar-refractivity contribution in [3.05, 3.63) is 20.2 Å². The van der Waals surface area contributed by atoms with Crippen LogP contribution in [0.2, 0.25) is 0 Å². The Hall–Kier alpha value is -0.990. The van der Waals surface area contributed by atoms with Gasteiger partial charge in [0.05, 0.1) is 6.10 Å². The van der Waals surface area contributed by atoms with Crippen molar-refractivity contribution in [2.75, 3.05) is 25.5 Å². The molecule has 0 spiro atoms. The highest BCUT2D eigenvalue weighted by molar-refractivity contribution is 6.18. The number of likely N-dealkylation sites (tertiary alicyclic amines) is 1. The number of β-amino-alcohol motifs (C(OH)–C–C–N with tert-alkyl or cyclic N) is 1. The number of aliphatic hydroxyl groups excluding tert-OH is 1. The molecule has 1 atom stereocenters. The lowest BCUT2D eigenvalue weighted by Crippen LogP contribution is -2.70. The number of nitrogens with zero attached hydrogens (tertiary/aromatic N) is 3. The quantitative estimate of drug-likeness (QED) is 0.290. The van der Waals surface area contributed by atoms with Crippen LogP contribution in [0.15, 0.2) is 0 Å². The summed E-state index contributed by atoms with van der Waals surface area (Å²) in [5.41, 5.74) is -2.11. The third kappa shape index (κ3) is 2.16. The molecule has 0 bridgehead atoms. The van der Waals surface area contributed by atoms with Crippen LogP contribution >= 0.6 is 11.6 Å². The van der Waals surface area contributed by atoms with Crippen LogP contribution in [-0.2, 0) is 0 Å². The van der Waals surface area contributed by atoms with E-state index >= 15 is 0 Å². The molecule has 0 aromatic rings. The minimum absolute atomic E-state index is 0.000425. The van der Waals surface area contributed by atoms with E-state index in [9.17, 15) is 20.2 Å². The SMILES string of the molecule is O=[N+]([O-])C1([N+](=O)[O-])CN(CC(O)CCl)C1. The van der Waals surface area contributed by atoms with Crippen molar-refractivity contribution >= 4 is 11.6 Å². The Balaban J connectivity index is 2.52. The Morgan fingerprint density at radius 3 is 2.20 bits per heavy atom. The highest BCUT2D eigenvalue weighted by atomic mass is 35.5. The number of hydrogen-bond acceptors (Lipinski definition) is 6. The molecular formula is C6H10ClN3O5. The number of nitro groups is 2. The van der Waals surface area contributed by atoms with Crippen LogP contribution < -0.4 is 0 Å². The minimum Gasteiger partial charge on any atom is -0.391 e. The lowest BCUT2D eigenvalue weighted by atomic mass is 10.0. The molecule has 1 aliphatic heterocycles. The van der Waals surface area contributed by atoms with Crippen molar-refractivity contribution in [1.82, 2.24) is 4.90 Å². The van der Waals surface area contributed by atoms with E-state index < -0.39 is 21.6 Å². The number of aliphatic hydroxyl groups is 1. The van der Waals surface area contributed by atoms with Crippen LogP contribution in [0.4, 0.5) is 0 Å². The fourth-order valence-corrected chi connectivity index (χ4v) is 1.54. The first-order valence-corrected chi connectivity index (χ1v) is 4.71. The average Bonchev–Trinajstić information content (AvgIpc) is 2.08. The van der Waals surface area contributed by atoms with Gasteiger partial charge in [0.2, 0.25) is 0 Å². The molecule has 1 N–H and O–H groups in total. The first-order valence-electron chi connectivity index (χ1n) is 4.18. The number of halogens is 1. The smallest absolute Gasteiger partial charge is 0.391 e. The van der Waals surface area contributed by atoms with Gasteiger partial charge >= 0.3 is 5.66 Å². The number of rotatable bonds is 5. The van der Waals surface area contributed by atoms with Crippen molar-refractivity contribution < 1.29 is 15.0 Å². The molecule has 1 fully saturated rings. The van der Waals surface area contributed by atoms with Crippen LogP contribution in [0.3, 0.4) is 0 Å². The van der Waals surface area contributed by atoms with Gasteiger partial charge in [0, 0.05) is 12.4 Å². The summed E-state index contributed by atoms with van der Waals surface area (Å²) < 4.78 is 0. The van der Waals surface area contributed by atoms with Crippen molar-refractivity contribution in [2.45, 2.75) is 11.8 Å². The average molecular weight is 240 g/mol. The lowest BCUT2D eigenvalue weighted by Gasteiger charge is -2.36. The molecule has 9 heteroatoms. The second kappa shape index (κ2) is 4.25. The summed E-state index contributed by atoms with van der Waals surface area (Å²) in [6.07, 6.45) is -0.817. The largest absolute Gasteiger partial charge is 0.482 e. The summed E-state index contributed by atoms with van der Waals surface area (Å²) >= 11 is 5.33. The van der Waals surface area contributed by atoms with Crippen molar-refractivity contribution in [2.24, 2.45) is 0 Å². The second-order valence-corrected chi connectivity index (χ2v) is 3.78. The molecule has 1 saturated heterocycles. The van der Waals surface area contributed by atoms with Gasteiger partial charge in [0.25, 0.3) is 0 Å². The van der Waals surface area contributed by atoms with Gasteiger partial charge in [-0.1, -0.05) is 0 Å². The highest BCUT2D eigenvalue weighted by Crippen LogP contribution is 2.25. The summed E-state index contributed by atoms with van der Waals surface area (Å²) in [6.45, 7) is -0.463. The number of alkyl halides is 1. The summed E-state index contributed by atoms with van der Waals surface area (Å²) in [4.78, 5) is 20.6. The molecule has 1 rings (SSSR count). The van der Waals surface area contributed by atoms with Gasteiger partial charge in [-0.2, -0.15) is 0 Å². The maximum atomic E-state index is 10.5. The fourth-order valence-electron chi connectivity index (χ4n) is 1.44. The minimum atomic E-state index is -2.11. The van der Waals surface area contributed by atoms with E-state index in [2.05, 4.69) is 0 Å². The zero-order chi connectivity index (χ0) is 11.6. The Bertz CT molecular complexity index is 264.